The van der Waals surface area contributed by atoms with Crippen LogP contribution < -0.4 is 0 Å². The van der Waals surface area contributed by atoms with Gasteiger partial charge in [0.05, 0.1) is 22.3 Å². The van der Waals surface area contributed by atoms with E-state index in [1.165, 1.54) is 0 Å². The SMILES string of the molecule is O=P(O)(OCCC(Br)Br)OCC(Cl)CCl. The highest BCUT2D eigenvalue weighted by Gasteiger charge is 2.22. The van der Waals surface area contributed by atoms with Crippen LogP contribution in [0.5, 0.6) is 0 Å². The normalized spacial score (nSPS) is 17.7. The van der Waals surface area contributed by atoms with Gasteiger partial charge in [-0.2, -0.15) is 0 Å². The Morgan fingerprint density at radius 2 is 2.00 bits per heavy atom. The topological polar surface area (TPSA) is 55.8 Å². The number of phosphoric ester groups is 1. The van der Waals surface area contributed by atoms with Crippen LogP contribution in [0.15, 0.2) is 0 Å². The fraction of sp³-hybridized carbons (Fsp3) is 1.00. The van der Waals surface area contributed by atoms with E-state index >= 15 is 0 Å². The zero-order chi connectivity index (χ0) is 11.9. The average Bonchev–Trinajstić information content (AvgIpc) is 2.13. The molecule has 0 spiro atoms. The molecule has 15 heavy (non-hydrogen) atoms. The molecule has 0 aromatic rings. The summed E-state index contributed by atoms with van der Waals surface area (Å²) in [4.78, 5) is 9.15. The first-order chi connectivity index (χ1) is 6.87. The number of hydrogen-bond acceptors (Lipinski definition) is 3. The summed E-state index contributed by atoms with van der Waals surface area (Å²) >= 11 is 17.4. The summed E-state index contributed by atoms with van der Waals surface area (Å²) in [5.74, 6) is 0.145. The van der Waals surface area contributed by atoms with Gasteiger partial charge in [0.25, 0.3) is 0 Å². The Morgan fingerprint density at radius 1 is 1.40 bits per heavy atom. The van der Waals surface area contributed by atoms with Gasteiger partial charge in [0.1, 0.15) is 0 Å². The lowest BCUT2D eigenvalue weighted by molar-refractivity contribution is 0.151. The van der Waals surface area contributed by atoms with E-state index in [4.69, 9.17) is 28.1 Å². The van der Waals surface area contributed by atoms with Crippen molar-refractivity contribution in [2.24, 2.45) is 0 Å². The molecule has 2 unspecified atom stereocenters. The minimum absolute atomic E-state index is 0.0358. The van der Waals surface area contributed by atoms with Crippen molar-refractivity contribution in [2.75, 3.05) is 19.1 Å². The molecular formula is C6H11Br2Cl2O4P. The molecule has 2 atom stereocenters. The van der Waals surface area contributed by atoms with Gasteiger partial charge in [0, 0.05) is 5.88 Å². The standard InChI is InChI=1S/C6H11Br2Cl2O4P/c7-6(8)1-2-13-15(11,12)14-4-5(10)3-9/h5-6H,1-4H2,(H,11,12). The Hall–Kier alpha value is 1.65. The van der Waals surface area contributed by atoms with Gasteiger partial charge in [-0.05, 0) is 6.42 Å². The molecule has 0 saturated heterocycles. The van der Waals surface area contributed by atoms with Gasteiger partial charge in [-0.15, -0.1) is 23.2 Å². The summed E-state index contributed by atoms with van der Waals surface area (Å²) in [5, 5.41) is -0.504. The predicted octanol–water partition coefficient (Wildman–Crippen LogP) is 3.47. The van der Waals surface area contributed by atoms with Crippen LogP contribution in [0.1, 0.15) is 6.42 Å². The second-order valence-corrected chi connectivity index (χ2v) is 8.35. The van der Waals surface area contributed by atoms with Gasteiger partial charge >= 0.3 is 7.82 Å². The molecule has 0 aliphatic rings. The molecule has 9 heteroatoms. The molecule has 4 nitrogen and oxygen atoms in total. The minimum Gasteiger partial charge on any atom is -0.302 e. The monoisotopic (exact) mass is 406 g/mol. The number of phosphoric acid groups is 1. The predicted molar refractivity (Wildman–Crippen MR) is 68.3 cm³/mol. The molecule has 92 valence electrons. The summed E-state index contributed by atoms with van der Waals surface area (Å²) in [6.07, 6.45) is 0.535. The average molecular weight is 409 g/mol. The van der Waals surface area contributed by atoms with Crippen LogP contribution in [0.3, 0.4) is 0 Å². The maximum absolute atomic E-state index is 11.2. The third-order valence-corrected chi connectivity index (χ3v) is 3.89. The van der Waals surface area contributed by atoms with E-state index in [9.17, 15) is 4.57 Å². The van der Waals surface area contributed by atoms with Crippen molar-refractivity contribution in [3.63, 3.8) is 0 Å². The second-order valence-electron chi connectivity index (χ2n) is 2.53. The first kappa shape index (κ1) is 16.6. The van der Waals surface area contributed by atoms with Gasteiger partial charge < -0.3 is 4.89 Å². The molecule has 0 saturated carbocycles. The highest BCUT2D eigenvalue weighted by molar-refractivity contribution is 9.24. The number of halogens is 4. The Labute approximate surface area is 115 Å². The third-order valence-electron chi connectivity index (χ3n) is 1.18. The van der Waals surface area contributed by atoms with Crippen LogP contribution in [-0.4, -0.2) is 33.1 Å². The highest BCUT2D eigenvalue weighted by Crippen LogP contribution is 2.43. The number of hydrogen-bond donors (Lipinski definition) is 1. The summed E-state index contributed by atoms with van der Waals surface area (Å²) in [5.41, 5.74) is 0. The van der Waals surface area contributed by atoms with Crippen molar-refractivity contribution >= 4 is 62.9 Å². The molecule has 0 aliphatic heterocycles. The van der Waals surface area contributed by atoms with E-state index in [0.717, 1.165) is 0 Å². The van der Waals surface area contributed by atoms with E-state index in [1.54, 1.807) is 0 Å². The molecule has 0 fully saturated rings. The van der Waals surface area contributed by atoms with Crippen molar-refractivity contribution in [3.05, 3.63) is 0 Å². The summed E-state index contributed by atoms with van der Waals surface area (Å²) in [7, 11) is -4.00. The molecule has 0 aromatic heterocycles. The van der Waals surface area contributed by atoms with Crippen LogP contribution in [0.2, 0.25) is 0 Å². The zero-order valence-corrected chi connectivity index (χ0v) is 13.2. The molecule has 1 N–H and O–H groups in total. The molecule has 0 heterocycles. The third kappa shape index (κ3) is 10.5. The molecular weight excluding hydrogens is 398 g/mol. The lowest BCUT2D eigenvalue weighted by Crippen LogP contribution is -2.10. The van der Waals surface area contributed by atoms with Gasteiger partial charge in [-0.3, -0.25) is 9.05 Å². The highest BCUT2D eigenvalue weighted by atomic mass is 79.9. The largest absolute Gasteiger partial charge is 0.472 e. The second kappa shape index (κ2) is 8.70. The fourth-order valence-corrected chi connectivity index (χ4v) is 1.91. The quantitative estimate of drug-likeness (QED) is 0.493. The first-order valence-corrected chi connectivity index (χ1v) is 8.27. The van der Waals surface area contributed by atoms with Crippen molar-refractivity contribution in [1.29, 1.82) is 0 Å². The fourth-order valence-electron chi connectivity index (χ4n) is 0.514. The molecule has 0 aromatic carbocycles. The van der Waals surface area contributed by atoms with Crippen molar-refractivity contribution in [1.82, 2.24) is 0 Å². The Kier molecular flexibility index (Phi) is 9.66. The summed E-state index contributed by atoms with van der Waals surface area (Å²) in [6, 6.07) is 0. The van der Waals surface area contributed by atoms with Gasteiger partial charge in [0.2, 0.25) is 0 Å². The molecule has 0 rings (SSSR count). The first-order valence-electron chi connectivity index (χ1n) is 3.97. The zero-order valence-electron chi connectivity index (χ0n) is 7.61. The Bertz CT molecular complexity index is 219. The maximum atomic E-state index is 11.2. The van der Waals surface area contributed by atoms with Crippen LogP contribution in [0.25, 0.3) is 0 Å². The number of alkyl halides is 4. The van der Waals surface area contributed by atoms with Crippen molar-refractivity contribution in [3.8, 4) is 0 Å². The maximum Gasteiger partial charge on any atom is 0.472 e. The summed E-state index contributed by atoms with van der Waals surface area (Å²) in [6.45, 7) is -0.0202. The molecule has 0 bridgehead atoms. The summed E-state index contributed by atoms with van der Waals surface area (Å²) < 4.78 is 20.5. The van der Waals surface area contributed by atoms with Crippen LogP contribution in [-0.2, 0) is 13.6 Å². The van der Waals surface area contributed by atoms with E-state index < -0.39 is 13.2 Å². The van der Waals surface area contributed by atoms with Crippen LogP contribution in [0, 0.1) is 0 Å². The molecule has 0 aliphatic carbocycles. The van der Waals surface area contributed by atoms with E-state index in [2.05, 4.69) is 40.9 Å². The lowest BCUT2D eigenvalue weighted by Gasteiger charge is -2.13. The van der Waals surface area contributed by atoms with Crippen LogP contribution >= 0.6 is 62.9 Å². The van der Waals surface area contributed by atoms with Crippen LogP contribution in [0.4, 0.5) is 0 Å². The minimum atomic E-state index is -4.00. The Morgan fingerprint density at radius 3 is 2.47 bits per heavy atom. The van der Waals surface area contributed by atoms with E-state index in [1.807, 2.05) is 0 Å². The smallest absolute Gasteiger partial charge is 0.302 e. The van der Waals surface area contributed by atoms with E-state index in [0.29, 0.717) is 6.42 Å². The van der Waals surface area contributed by atoms with Crippen molar-refractivity contribution < 1.29 is 18.5 Å². The van der Waals surface area contributed by atoms with Gasteiger partial charge in [0.15, 0.2) is 0 Å². The van der Waals surface area contributed by atoms with E-state index in [-0.39, 0.29) is 22.8 Å². The van der Waals surface area contributed by atoms with Gasteiger partial charge in [-0.25, -0.2) is 4.57 Å². The number of rotatable bonds is 8. The van der Waals surface area contributed by atoms with Crippen molar-refractivity contribution in [2.45, 2.75) is 15.5 Å². The lowest BCUT2D eigenvalue weighted by atomic mass is 10.5. The Balaban J connectivity index is 3.72. The molecule has 0 radical (unpaired) electrons. The van der Waals surface area contributed by atoms with Gasteiger partial charge in [-0.1, -0.05) is 31.9 Å². The molecule has 0 amide bonds.